The normalized spacial score (nSPS) is 10.8. The zero-order valence-electron chi connectivity index (χ0n) is 37.7. The molecule has 0 saturated carbocycles. The molecule has 0 bridgehead atoms. The smallest absolute Gasteiger partial charge is 0.338 e. The van der Waals surface area contributed by atoms with E-state index in [2.05, 4.69) is 0 Å². The molecule has 0 aliphatic rings. The summed E-state index contributed by atoms with van der Waals surface area (Å²) in [5, 5.41) is 8.69. The zero-order chi connectivity index (χ0) is 48.1. The molecule has 68 heavy (non-hydrogen) atoms. The number of hydrogen-bond donors (Lipinski definition) is 1. The Morgan fingerprint density at radius 2 is 0.662 bits per heavy atom. The van der Waals surface area contributed by atoms with Gasteiger partial charge in [-0.2, -0.15) is 0 Å². The van der Waals surface area contributed by atoms with Crippen LogP contribution in [0.15, 0.2) is 97.1 Å². The first-order valence-electron chi connectivity index (χ1n) is 21.6. The number of esters is 3. The van der Waals surface area contributed by atoms with E-state index < -0.39 is 17.9 Å². The Balaban J connectivity index is 0.934. The number of rotatable bonds is 39. The third kappa shape index (κ3) is 24.0. The van der Waals surface area contributed by atoms with Crippen LogP contribution in [0.3, 0.4) is 0 Å². The summed E-state index contributed by atoms with van der Waals surface area (Å²) in [6, 6.07) is 26.2. The van der Waals surface area contributed by atoms with E-state index in [9.17, 15) is 19.2 Å². The van der Waals surface area contributed by atoms with Crippen LogP contribution in [0.5, 0.6) is 23.0 Å². The molecular weight excluding hydrogens is 897 g/mol. The van der Waals surface area contributed by atoms with Gasteiger partial charge in [0.15, 0.2) is 27.2 Å². The minimum absolute atomic E-state index is 0.000490. The van der Waals surface area contributed by atoms with Crippen molar-refractivity contribution in [3.8, 4) is 23.0 Å². The van der Waals surface area contributed by atoms with Gasteiger partial charge in [-0.3, -0.25) is 4.79 Å². The van der Waals surface area contributed by atoms with Crippen LogP contribution in [0.2, 0.25) is 0 Å². The lowest BCUT2D eigenvalue weighted by Gasteiger charge is -2.11. The average Bonchev–Trinajstić information content (AvgIpc) is 3.37. The van der Waals surface area contributed by atoms with Crippen molar-refractivity contribution in [3.63, 3.8) is 0 Å². The van der Waals surface area contributed by atoms with Crippen LogP contribution in [-0.4, -0.2) is 162 Å². The van der Waals surface area contributed by atoms with E-state index in [1.807, 2.05) is 0 Å². The molecule has 0 aliphatic carbocycles. The Morgan fingerprint density at radius 1 is 0.368 bits per heavy atom. The molecule has 4 aromatic carbocycles. The van der Waals surface area contributed by atoms with Gasteiger partial charge in [0.05, 0.1) is 103 Å². The van der Waals surface area contributed by atoms with Crippen LogP contribution in [0.1, 0.15) is 41.4 Å². The van der Waals surface area contributed by atoms with Gasteiger partial charge in [0.1, 0.15) is 49.1 Å². The van der Waals surface area contributed by atoms with Crippen molar-refractivity contribution >= 4 is 24.2 Å². The third-order valence-electron chi connectivity index (χ3n) is 8.55. The molecule has 0 heterocycles. The van der Waals surface area contributed by atoms with Gasteiger partial charge in [-0.25, -0.2) is 14.4 Å². The van der Waals surface area contributed by atoms with Gasteiger partial charge >= 0.3 is 17.9 Å². The van der Waals surface area contributed by atoms with E-state index >= 15 is 0 Å². The van der Waals surface area contributed by atoms with Crippen molar-refractivity contribution in [3.05, 3.63) is 119 Å². The van der Waals surface area contributed by atoms with Gasteiger partial charge in [-0.15, -0.1) is 0 Å². The largest absolute Gasteiger partial charge is 0.468 e. The quantitative estimate of drug-likeness (QED) is 0.0213. The van der Waals surface area contributed by atoms with Crippen LogP contribution in [0, 0.1) is 0 Å². The number of benzene rings is 4. The lowest BCUT2D eigenvalue weighted by atomic mass is 10.2. The van der Waals surface area contributed by atoms with E-state index in [1.165, 1.54) is 12.1 Å². The second kappa shape index (κ2) is 35.0. The maximum atomic E-state index is 12.5. The average molecular weight is 955 g/mol. The molecule has 0 spiro atoms. The van der Waals surface area contributed by atoms with E-state index in [4.69, 9.17) is 76.2 Å². The monoisotopic (exact) mass is 954 g/mol. The lowest BCUT2D eigenvalue weighted by molar-refractivity contribution is -0.0248. The second-order valence-corrected chi connectivity index (χ2v) is 13.5. The first kappa shape index (κ1) is 54.4. The SMILES string of the molecule is O=Cc1cccc(OCOCCOCCOC(=O)c2cccc(OCOCCOCCOC(=O)c3cccc(OCOCCOCCOC(=O)c4cccc(OCOCCOCCO)c4)c3)c2)c1. The fourth-order valence-corrected chi connectivity index (χ4v) is 5.26. The molecule has 20 heteroatoms. The molecule has 0 unspecified atom stereocenters. The van der Waals surface area contributed by atoms with Crippen LogP contribution >= 0.6 is 0 Å². The third-order valence-corrected chi connectivity index (χ3v) is 8.55. The molecule has 0 radical (unpaired) electrons. The summed E-state index contributed by atoms with van der Waals surface area (Å²) in [6.45, 7) is 2.64. The number of aliphatic hydroxyl groups is 1. The summed E-state index contributed by atoms with van der Waals surface area (Å²) in [4.78, 5) is 48.2. The number of ether oxygens (including phenoxy) is 15. The predicted octanol–water partition coefficient (Wildman–Crippen LogP) is 4.54. The number of aliphatic hydroxyl groups excluding tert-OH is 1. The Morgan fingerprint density at radius 3 is 1.00 bits per heavy atom. The second-order valence-electron chi connectivity index (χ2n) is 13.5. The van der Waals surface area contributed by atoms with Gasteiger partial charge in [0.2, 0.25) is 0 Å². The first-order valence-corrected chi connectivity index (χ1v) is 21.6. The molecule has 0 aliphatic heterocycles. The molecule has 0 amide bonds. The summed E-state index contributed by atoms with van der Waals surface area (Å²) in [6.07, 6.45) is 0.736. The molecular formula is C48H58O20. The van der Waals surface area contributed by atoms with Crippen molar-refractivity contribution in [1.29, 1.82) is 0 Å². The Kier molecular flexibility index (Phi) is 28.0. The van der Waals surface area contributed by atoms with Crippen molar-refractivity contribution in [1.82, 2.24) is 0 Å². The van der Waals surface area contributed by atoms with Gasteiger partial charge in [0.25, 0.3) is 0 Å². The maximum Gasteiger partial charge on any atom is 0.338 e. The summed E-state index contributed by atoms with van der Waals surface area (Å²) in [5.74, 6) is 0.174. The van der Waals surface area contributed by atoms with Crippen molar-refractivity contribution in [2.75, 3.05) is 133 Å². The van der Waals surface area contributed by atoms with Gasteiger partial charge in [-0.1, -0.05) is 30.3 Å². The highest BCUT2D eigenvalue weighted by Crippen LogP contribution is 2.17. The summed E-state index contributed by atoms with van der Waals surface area (Å²) < 4.78 is 80.8. The molecule has 0 fully saturated rings. The van der Waals surface area contributed by atoms with Crippen LogP contribution in [-0.2, 0) is 52.1 Å². The Bertz CT molecular complexity index is 2030. The first-order chi connectivity index (χ1) is 33.4. The predicted molar refractivity (Wildman–Crippen MR) is 238 cm³/mol. The Labute approximate surface area is 394 Å². The van der Waals surface area contributed by atoms with Gasteiger partial charge < -0.3 is 76.2 Å². The highest BCUT2D eigenvalue weighted by Gasteiger charge is 2.11. The van der Waals surface area contributed by atoms with Crippen molar-refractivity contribution in [2.45, 2.75) is 0 Å². The fourth-order valence-electron chi connectivity index (χ4n) is 5.26. The fraction of sp³-hybridized carbons (Fsp3) is 0.417. The summed E-state index contributed by atoms with van der Waals surface area (Å²) in [5.41, 5.74) is 1.42. The highest BCUT2D eigenvalue weighted by atomic mass is 16.7. The van der Waals surface area contributed by atoms with E-state index in [1.54, 1.807) is 84.9 Å². The summed E-state index contributed by atoms with van der Waals surface area (Å²) >= 11 is 0. The molecule has 0 saturated heterocycles. The molecule has 0 aromatic heterocycles. The molecule has 4 aromatic rings. The number of aldehydes is 1. The van der Waals surface area contributed by atoms with E-state index in [0.29, 0.717) is 58.5 Å². The van der Waals surface area contributed by atoms with Crippen LogP contribution < -0.4 is 18.9 Å². The lowest BCUT2D eigenvalue weighted by Crippen LogP contribution is -2.15. The van der Waals surface area contributed by atoms with E-state index in [0.717, 1.165) is 6.29 Å². The molecule has 4 rings (SSSR count). The van der Waals surface area contributed by atoms with Crippen molar-refractivity contribution < 1.29 is 95.3 Å². The van der Waals surface area contributed by atoms with Crippen LogP contribution in [0.25, 0.3) is 0 Å². The minimum atomic E-state index is -0.550. The zero-order valence-corrected chi connectivity index (χ0v) is 37.7. The molecule has 370 valence electrons. The van der Waals surface area contributed by atoms with Crippen LogP contribution in [0.4, 0.5) is 0 Å². The number of carbonyl (C=O) groups excluding carboxylic acids is 4. The Hall–Kier alpha value is -6.20. The van der Waals surface area contributed by atoms with Gasteiger partial charge in [-0.05, 0) is 66.7 Å². The highest BCUT2D eigenvalue weighted by molar-refractivity contribution is 5.90. The number of carbonyl (C=O) groups is 4. The standard InChI is InChI=1S/C48H58O20/c49-13-14-54-15-19-58-35-66-43-10-2-6-39(30-43)46(51)63-27-24-56-17-21-60-37-68-45-12-4-8-41(32-45)48(53)64-28-25-57-18-22-61-36-67-44-11-3-7-40(31-44)47(52)62-26-23-55-16-20-59-34-65-42-9-1-5-38(29-42)33-50/h1-12,29-33,49H,13-28,34-37H2. The number of hydrogen-bond acceptors (Lipinski definition) is 20. The van der Waals surface area contributed by atoms with Gasteiger partial charge in [0, 0.05) is 5.56 Å². The molecule has 1 N–H and O–H groups in total. The van der Waals surface area contributed by atoms with E-state index in [-0.39, 0.29) is 120 Å². The topological polar surface area (TPSA) is 227 Å². The molecule has 20 nitrogen and oxygen atoms in total. The summed E-state index contributed by atoms with van der Waals surface area (Å²) in [7, 11) is 0. The molecule has 0 atom stereocenters. The minimum Gasteiger partial charge on any atom is -0.468 e. The van der Waals surface area contributed by atoms with Crippen molar-refractivity contribution in [2.24, 2.45) is 0 Å². The maximum absolute atomic E-state index is 12.5.